The van der Waals surface area contributed by atoms with Crippen molar-refractivity contribution in [3.8, 4) is 0 Å². The van der Waals surface area contributed by atoms with Crippen molar-refractivity contribution in [2.45, 2.75) is 31.5 Å². The van der Waals surface area contributed by atoms with Crippen LogP contribution in [0.2, 0.25) is 0 Å². The van der Waals surface area contributed by atoms with Gasteiger partial charge in [0.25, 0.3) is 0 Å². The van der Waals surface area contributed by atoms with E-state index >= 15 is 0 Å². The maximum absolute atomic E-state index is 12.6. The summed E-state index contributed by atoms with van der Waals surface area (Å²) in [4.78, 5) is 20.9. The van der Waals surface area contributed by atoms with Crippen molar-refractivity contribution in [1.29, 1.82) is 0 Å². The summed E-state index contributed by atoms with van der Waals surface area (Å²) in [5.74, 6) is -1.02. The molecule has 110 valence electrons. The van der Waals surface area contributed by atoms with E-state index in [1.807, 2.05) is 0 Å². The van der Waals surface area contributed by atoms with Crippen LogP contribution in [-0.2, 0) is 22.2 Å². The van der Waals surface area contributed by atoms with Crippen LogP contribution in [0.1, 0.15) is 24.0 Å². The van der Waals surface area contributed by atoms with E-state index in [0.29, 0.717) is 12.0 Å². The van der Waals surface area contributed by atoms with Gasteiger partial charge < -0.3 is 10.4 Å². The summed E-state index contributed by atoms with van der Waals surface area (Å²) in [6.07, 6.45) is -3.87. The Morgan fingerprint density at radius 1 is 1.40 bits per heavy atom. The molecule has 1 aromatic carbocycles. The van der Waals surface area contributed by atoms with Crippen LogP contribution in [0.3, 0.4) is 0 Å². The van der Waals surface area contributed by atoms with E-state index in [2.05, 4.69) is 5.32 Å². The molecule has 0 aromatic heterocycles. The topological polar surface area (TPSA) is 66.4 Å². The van der Waals surface area contributed by atoms with E-state index < -0.39 is 23.8 Å². The highest BCUT2D eigenvalue weighted by atomic mass is 19.4. The van der Waals surface area contributed by atoms with E-state index in [1.165, 1.54) is 12.1 Å². The summed E-state index contributed by atoms with van der Waals surface area (Å²) >= 11 is 0. The monoisotopic (exact) mass is 289 g/mol. The second kappa shape index (κ2) is 6.93. The van der Waals surface area contributed by atoms with Crippen molar-refractivity contribution >= 4 is 12.4 Å². The summed E-state index contributed by atoms with van der Waals surface area (Å²) in [6, 6.07) is 4.25. The highest BCUT2D eigenvalue weighted by molar-refractivity contribution is 5.66. The van der Waals surface area contributed by atoms with Crippen LogP contribution in [0, 0.1) is 0 Å². The fraction of sp³-hybridized carbons (Fsp3) is 0.385. The molecule has 1 atom stereocenters. The molecule has 1 unspecified atom stereocenters. The van der Waals surface area contributed by atoms with Crippen molar-refractivity contribution in [3.05, 3.63) is 35.4 Å². The van der Waals surface area contributed by atoms with Crippen LogP contribution in [0.25, 0.3) is 0 Å². The van der Waals surface area contributed by atoms with Gasteiger partial charge in [0.2, 0.25) is 6.41 Å². The molecule has 0 radical (unpaired) electrons. The number of aliphatic carboxylic acids is 1. The summed E-state index contributed by atoms with van der Waals surface area (Å²) in [5.41, 5.74) is -0.373. The van der Waals surface area contributed by atoms with Gasteiger partial charge in [0.15, 0.2) is 0 Å². The lowest BCUT2D eigenvalue weighted by molar-refractivity contribution is -0.138. The van der Waals surface area contributed by atoms with Gasteiger partial charge in [-0.05, 0) is 24.5 Å². The Hall–Kier alpha value is -2.05. The molecule has 0 spiro atoms. The van der Waals surface area contributed by atoms with Crippen LogP contribution < -0.4 is 5.32 Å². The predicted octanol–water partition coefficient (Wildman–Crippen LogP) is 2.23. The van der Waals surface area contributed by atoms with E-state index in [9.17, 15) is 22.8 Å². The number of halogens is 3. The third kappa shape index (κ3) is 5.29. The van der Waals surface area contributed by atoms with Gasteiger partial charge in [0.1, 0.15) is 0 Å². The van der Waals surface area contributed by atoms with E-state index in [-0.39, 0.29) is 19.3 Å². The molecule has 0 saturated carbocycles. The average molecular weight is 289 g/mol. The minimum absolute atomic E-state index is 0.149. The Labute approximate surface area is 113 Å². The number of carbonyl (C=O) groups is 2. The summed E-state index contributed by atoms with van der Waals surface area (Å²) in [7, 11) is 0. The molecule has 0 fully saturated rings. The molecule has 0 aliphatic carbocycles. The predicted molar refractivity (Wildman–Crippen MR) is 65.0 cm³/mol. The van der Waals surface area contributed by atoms with Gasteiger partial charge >= 0.3 is 12.1 Å². The number of nitrogens with one attached hydrogen (secondary N) is 1. The number of benzene rings is 1. The molecular formula is C13H14F3NO3. The van der Waals surface area contributed by atoms with Gasteiger partial charge in [-0.3, -0.25) is 9.59 Å². The Balaban J connectivity index is 2.77. The smallest absolute Gasteiger partial charge is 0.416 e. The molecule has 1 amide bonds. The number of hydrogen-bond acceptors (Lipinski definition) is 2. The third-order valence-electron chi connectivity index (χ3n) is 2.75. The van der Waals surface area contributed by atoms with Gasteiger partial charge in [-0.25, -0.2) is 0 Å². The molecule has 1 aromatic rings. The van der Waals surface area contributed by atoms with Crippen molar-refractivity contribution < 1.29 is 27.9 Å². The molecule has 0 heterocycles. The largest absolute Gasteiger partial charge is 0.481 e. The number of rotatable bonds is 7. The van der Waals surface area contributed by atoms with Gasteiger partial charge in [-0.15, -0.1) is 0 Å². The lowest BCUT2D eigenvalue weighted by atomic mass is 10.00. The fourth-order valence-corrected chi connectivity index (χ4v) is 1.80. The van der Waals surface area contributed by atoms with Crippen LogP contribution in [0.5, 0.6) is 0 Å². The highest BCUT2D eigenvalue weighted by Crippen LogP contribution is 2.29. The van der Waals surface area contributed by atoms with Crippen molar-refractivity contribution in [3.63, 3.8) is 0 Å². The summed E-state index contributed by atoms with van der Waals surface area (Å²) < 4.78 is 37.7. The number of carboxylic acids is 1. The average Bonchev–Trinajstić information content (AvgIpc) is 2.35. The number of carboxylic acid groups (broad SMARTS) is 1. The molecule has 0 saturated heterocycles. The third-order valence-corrected chi connectivity index (χ3v) is 2.75. The quantitative estimate of drug-likeness (QED) is 0.756. The van der Waals surface area contributed by atoms with E-state index in [4.69, 9.17) is 5.11 Å². The molecule has 1 rings (SSSR count). The molecule has 7 heteroatoms. The minimum atomic E-state index is -4.43. The second-order valence-corrected chi connectivity index (χ2v) is 4.32. The fourth-order valence-electron chi connectivity index (χ4n) is 1.80. The lowest BCUT2D eigenvalue weighted by Gasteiger charge is -2.16. The van der Waals surface area contributed by atoms with Gasteiger partial charge in [0.05, 0.1) is 5.56 Å². The first-order valence-corrected chi connectivity index (χ1v) is 5.90. The van der Waals surface area contributed by atoms with Gasteiger partial charge in [-0.1, -0.05) is 18.2 Å². The normalized spacial score (nSPS) is 12.8. The maximum Gasteiger partial charge on any atom is 0.416 e. The number of alkyl halides is 3. The minimum Gasteiger partial charge on any atom is -0.481 e. The lowest BCUT2D eigenvalue weighted by Crippen LogP contribution is -2.30. The molecule has 0 aliphatic heterocycles. The summed E-state index contributed by atoms with van der Waals surface area (Å²) in [6.45, 7) is 0. The van der Waals surface area contributed by atoms with Crippen LogP contribution >= 0.6 is 0 Å². The Kier molecular flexibility index (Phi) is 5.54. The van der Waals surface area contributed by atoms with E-state index in [0.717, 1.165) is 12.1 Å². The van der Waals surface area contributed by atoms with Crippen molar-refractivity contribution in [2.75, 3.05) is 0 Å². The first-order valence-electron chi connectivity index (χ1n) is 5.90. The zero-order valence-electron chi connectivity index (χ0n) is 10.5. The Bertz CT molecular complexity index is 474. The maximum atomic E-state index is 12.6. The van der Waals surface area contributed by atoms with Crippen LogP contribution in [0.4, 0.5) is 13.2 Å². The number of amides is 1. The summed E-state index contributed by atoms with van der Waals surface area (Å²) in [5, 5.41) is 11.0. The first-order chi connectivity index (χ1) is 9.32. The molecule has 0 aliphatic rings. The number of hydrogen-bond donors (Lipinski definition) is 2. The van der Waals surface area contributed by atoms with Crippen molar-refractivity contribution in [2.24, 2.45) is 0 Å². The second-order valence-electron chi connectivity index (χ2n) is 4.32. The van der Waals surface area contributed by atoms with Crippen LogP contribution in [0.15, 0.2) is 24.3 Å². The zero-order valence-corrected chi connectivity index (χ0v) is 10.5. The molecule has 20 heavy (non-hydrogen) atoms. The molecule has 4 nitrogen and oxygen atoms in total. The highest BCUT2D eigenvalue weighted by Gasteiger charge is 2.30. The number of carbonyl (C=O) groups excluding carboxylic acids is 1. The standard InChI is InChI=1S/C13H14F3NO3/c14-13(15,16)10-3-1-2-9(6-10)7-11(17-8-18)4-5-12(19)20/h1-3,6,8,11H,4-5,7H2,(H,17,18)(H,19,20). The van der Waals surface area contributed by atoms with Gasteiger partial charge in [0, 0.05) is 12.5 Å². The molecule has 0 bridgehead atoms. The zero-order chi connectivity index (χ0) is 15.2. The van der Waals surface area contributed by atoms with Crippen LogP contribution in [-0.4, -0.2) is 23.5 Å². The molecule has 2 N–H and O–H groups in total. The Morgan fingerprint density at radius 3 is 2.65 bits per heavy atom. The Morgan fingerprint density at radius 2 is 2.10 bits per heavy atom. The first kappa shape index (κ1) is 16.0. The van der Waals surface area contributed by atoms with Crippen molar-refractivity contribution in [1.82, 2.24) is 5.32 Å². The van der Waals surface area contributed by atoms with Gasteiger partial charge in [-0.2, -0.15) is 13.2 Å². The van der Waals surface area contributed by atoms with E-state index in [1.54, 1.807) is 0 Å². The SMILES string of the molecule is O=CNC(CCC(=O)O)Cc1cccc(C(F)(F)F)c1. The molecular weight excluding hydrogens is 275 g/mol.